The lowest BCUT2D eigenvalue weighted by Crippen LogP contribution is -2.40. The molecule has 6 heteroatoms. The molecular weight excluding hydrogens is 302 g/mol. The van der Waals surface area contributed by atoms with Crippen LogP contribution in [0.2, 0.25) is 23.2 Å². The highest BCUT2D eigenvalue weighted by Crippen LogP contribution is 2.36. The SMILES string of the molecule is CC(C)(C)[Si](C)(C)OCc1ncn(-c2ccccc2Cl)n1. The Labute approximate surface area is 132 Å². The van der Waals surface area contributed by atoms with E-state index >= 15 is 0 Å². The Hall–Kier alpha value is -1.17. The lowest BCUT2D eigenvalue weighted by molar-refractivity contribution is 0.267. The number of halogens is 1. The zero-order chi connectivity index (χ0) is 15.7. The van der Waals surface area contributed by atoms with Gasteiger partial charge in [-0.15, -0.1) is 5.10 Å². The van der Waals surface area contributed by atoms with Crippen molar-refractivity contribution in [3.63, 3.8) is 0 Å². The van der Waals surface area contributed by atoms with Crippen LogP contribution in [0.3, 0.4) is 0 Å². The maximum Gasteiger partial charge on any atom is 0.192 e. The summed E-state index contributed by atoms with van der Waals surface area (Å²) in [5.74, 6) is 0.680. The maximum absolute atomic E-state index is 6.16. The van der Waals surface area contributed by atoms with Crippen LogP contribution in [-0.4, -0.2) is 23.1 Å². The fourth-order valence-corrected chi connectivity index (χ4v) is 2.72. The monoisotopic (exact) mass is 323 g/mol. The predicted octanol–water partition coefficient (Wildman–Crippen LogP) is 4.44. The number of hydrogen-bond acceptors (Lipinski definition) is 3. The molecule has 0 unspecified atom stereocenters. The quantitative estimate of drug-likeness (QED) is 0.781. The molecule has 2 rings (SSSR count). The highest BCUT2D eigenvalue weighted by Gasteiger charge is 2.37. The Kier molecular flexibility index (Phi) is 4.56. The Morgan fingerprint density at radius 3 is 2.52 bits per heavy atom. The summed E-state index contributed by atoms with van der Waals surface area (Å²) >= 11 is 6.16. The molecule has 21 heavy (non-hydrogen) atoms. The molecule has 1 aromatic heterocycles. The van der Waals surface area contributed by atoms with E-state index < -0.39 is 8.32 Å². The normalized spacial score (nSPS) is 12.7. The number of benzene rings is 1. The molecule has 0 bridgehead atoms. The molecule has 0 saturated carbocycles. The molecule has 0 fully saturated rings. The topological polar surface area (TPSA) is 39.9 Å². The Morgan fingerprint density at radius 2 is 1.90 bits per heavy atom. The summed E-state index contributed by atoms with van der Waals surface area (Å²) in [7, 11) is -1.78. The molecule has 0 amide bonds. The molecule has 114 valence electrons. The smallest absolute Gasteiger partial charge is 0.192 e. The first kappa shape index (κ1) is 16.2. The van der Waals surface area contributed by atoms with Gasteiger partial charge >= 0.3 is 0 Å². The van der Waals surface area contributed by atoms with E-state index in [1.807, 2.05) is 24.3 Å². The molecule has 1 aromatic carbocycles. The van der Waals surface area contributed by atoms with Crippen LogP contribution in [0.25, 0.3) is 5.69 Å². The van der Waals surface area contributed by atoms with Gasteiger partial charge in [-0.05, 0) is 30.3 Å². The van der Waals surface area contributed by atoms with E-state index in [1.54, 1.807) is 11.0 Å². The van der Waals surface area contributed by atoms with Crippen LogP contribution in [0.15, 0.2) is 30.6 Å². The van der Waals surface area contributed by atoms with Crippen LogP contribution in [0.1, 0.15) is 26.6 Å². The first-order chi connectivity index (χ1) is 9.71. The van der Waals surface area contributed by atoms with Gasteiger partial charge in [-0.25, -0.2) is 9.67 Å². The molecule has 0 atom stereocenters. The fourth-order valence-electron chi connectivity index (χ4n) is 1.58. The van der Waals surface area contributed by atoms with Crippen molar-refractivity contribution in [2.75, 3.05) is 0 Å². The van der Waals surface area contributed by atoms with Gasteiger partial charge in [0.25, 0.3) is 0 Å². The van der Waals surface area contributed by atoms with Crippen molar-refractivity contribution in [3.05, 3.63) is 41.4 Å². The van der Waals surface area contributed by atoms with Crippen molar-refractivity contribution in [3.8, 4) is 5.69 Å². The summed E-state index contributed by atoms with van der Waals surface area (Å²) < 4.78 is 7.81. The second-order valence-electron chi connectivity index (χ2n) is 6.61. The summed E-state index contributed by atoms with van der Waals surface area (Å²) in [6.45, 7) is 11.5. The molecule has 0 spiro atoms. The van der Waals surface area contributed by atoms with Crippen LogP contribution in [0.5, 0.6) is 0 Å². The zero-order valence-corrected chi connectivity index (χ0v) is 15.0. The third-order valence-corrected chi connectivity index (χ3v) is 8.80. The van der Waals surface area contributed by atoms with Crippen molar-refractivity contribution < 1.29 is 4.43 Å². The average molecular weight is 324 g/mol. The highest BCUT2D eigenvalue weighted by atomic mass is 35.5. The Morgan fingerprint density at radius 1 is 1.24 bits per heavy atom. The van der Waals surface area contributed by atoms with E-state index in [0.717, 1.165) is 5.69 Å². The van der Waals surface area contributed by atoms with E-state index in [1.165, 1.54) is 0 Å². The zero-order valence-electron chi connectivity index (χ0n) is 13.2. The van der Waals surface area contributed by atoms with E-state index in [9.17, 15) is 0 Å². The summed E-state index contributed by atoms with van der Waals surface area (Å²) in [5, 5.41) is 5.28. The summed E-state index contributed by atoms with van der Waals surface area (Å²) in [5.41, 5.74) is 0.824. The molecule has 1 heterocycles. The van der Waals surface area contributed by atoms with Crippen LogP contribution in [0, 0.1) is 0 Å². The van der Waals surface area contributed by atoms with E-state index in [4.69, 9.17) is 16.0 Å². The van der Waals surface area contributed by atoms with Crippen molar-refractivity contribution in [2.45, 2.75) is 45.5 Å². The van der Waals surface area contributed by atoms with Gasteiger partial charge < -0.3 is 4.43 Å². The van der Waals surface area contributed by atoms with Crippen LogP contribution >= 0.6 is 11.6 Å². The average Bonchev–Trinajstić information content (AvgIpc) is 2.84. The number of aromatic nitrogens is 3. The van der Waals surface area contributed by atoms with Gasteiger partial charge in [0.2, 0.25) is 0 Å². The molecule has 0 aliphatic carbocycles. The van der Waals surface area contributed by atoms with Gasteiger partial charge in [-0.1, -0.05) is 44.5 Å². The Bertz CT molecular complexity index is 619. The van der Waals surface area contributed by atoms with Gasteiger partial charge in [0, 0.05) is 0 Å². The van der Waals surface area contributed by atoms with Gasteiger partial charge in [-0.2, -0.15) is 0 Å². The number of nitrogens with zero attached hydrogens (tertiary/aromatic N) is 3. The first-order valence-corrected chi connectivity index (χ1v) is 10.3. The van der Waals surface area contributed by atoms with Crippen molar-refractivity contribution in [1.82, 2.24) is 14.8 Å². The van der Waals surface area contributed by atoms with Crippen LogP contribution in [0.4, 0.5) is 0 Å². The molecule has 0 aliphatic rings. The largest absolute Gasteiger partial charge is 0.409 e. The summed E-state index contributed by atoms with van der Waals surface area (Å²) in [4.78, 5) is 4.31. The van der Waals surface area contributed by atoms with E-state index in [2.05, 4.69) is 43.9 Å². The minimum absolute atomic E-state index is 0.179. The third-order valence-electron chi connectivity index (χ3n) is 4.01. The van der Waals surface area contributed by atoms with Crippen LogP contribution in [-0.2, 0) is 11.0 Å². The molecule has 4 nitrogen and oxygen atoms in total. The molecule has 0 aliphatic heterocycles. The lowest BCUT2D eigenvalue weighted by atomic mass is 10.2. The predicted molar refractivity (Wildman–Crippen MR) is 88.4 cm³/mol. The second-order valence-corrected chi connectivity index (χ2v) is 11.8. The fraction of sp³-hybridized carbons (Fsp3) is 0.467. The van der Waals surface area contributed by atoms with Crippen molar-refractivity contribution in [1.29, 1.82) is 0 Å². The van der Waals surface area contributed by atoms with Gasteiger partial charge in [-0.3, -0.25) is 0 Å². The van der Waals surface area contributed by atoms with E-state index in [0.29, 0.717) is 17.5 Å². The second kappa shape index (κ2) is 5.91. The van der Waals surface area contributed by atoms with Crippen LogP contribution < -0.4 is 0 Å². The first-order valence-electron chi connectivity index (χ1n) is 7.00. The highest BCUT2D eigenvalue weighted by molar-refractivity contribution is 6.74. The van der Waals surface area contributed by atoms with Gasteiger partial charge in [0.15, 0.2) is 14.1 Å². The summed E-state index contributed by atoms with van der Waals surface area (Å²) in [6.07, 6.45) is 1.67. The Balaban J connectivity index is 2.10. The molecule has 0 N–H and O–H groups in total. The van der Waals surface area contributed by atoms with Crippen molar-refractivity contribution >= 4 is 19.9 Å². The number of rotatable bonds is 4. The maximum atomic E-state index is 6.16. The minimum Gasteiger partial charge on any atom is -0.409 e. The lowest BCUT2D eigenvalue weighted by Gasteiger charge is -2.35. The number of para-hydroxylation sites is 1. The van der Waals surface area contributed by atoms with Gasteiger partial charge in [0.05, 0.1) is 17.3 Å². The minimum atomic E-state index is -1.78. The van der Waals surface area contributed by atoms with Gasteiger partial charge in [0.1, 0.15) is 6.33 Å². The molecular formula is C15H22ClN3OSi. The molecule has 0 saturated heterocycles. The van der Waals surface area contributed by atoms with Crippen molar-refractivity contribution in [2.24, 2.45) is 0 Å². The molecule has 0 radical (unpaired) electrons. The van der Waals surface area contributed by atoms with E-state index in [-0.39, 0.29) is 5.04 Å². The standard InChI is InChI=1S/C15H22ClN3OSi/c1-15(2,3)21(4,5)20-10-14-17-11-19(18-14)13-9-7-6-8-12(13)16/h6-9,11H,10H2,1-5H3. The third kappa shape index (κ3) is 3.73. The number of hydrogen-bond donors (Lipinski definition) is 0. The summed E-state index contributed by atoms with van der Waals surface area (Å²) in [6, 6.07) is 7.57. The molecule has 2 aromatic rings.